The Labute approximate surface area is 276 Å². The second-order valence-electron chi connectivity index (χ2n) is 14.7. The van der Waals surface area contributed by atoms with Crippen molar-refractivity contribution >= 4 is 47.0 Å². The molecule has 0 radical (unpaired) electrons. The number of carbonyl (C=O) groups excluding carboxylic acids is 6. The number of amides is 4. The summed E-state index contributed by atoms with van der Waals surface area (Å²) < 4.78 is 0. The van der Waals surface area contributed by atoms with Gasteiger partial charge in [-0.3, -0.25) is 33.7 Å². The first kappa shape index (κ1) is 40.8. The van der Waals surface area contributed by atoms with E-state index in [1.165, 1.54) is 21.6 Å². The third-order valence-corrected chi connectivity index (χ3v) is 9.59. The lowest BCUT2D eigenvalue weighted by molar-refractivity contribution is -0.146. The summed E-state index contributed by atoms with van der Waals surface area (Å²) in [6, 6.07) is -0.829. The summed E-state index contributed by atoms with van der Waals surface area (Å²) in [5.41, 5.74) is -0.975. The van der Waals surface area contributed by atoms with Crippen molar-refractivity contribution in [2.45, 2.75) is 117 Å². The van der Waals surface area contributed by atoms with Crippen LogP contribution >= 0.6 is 11.8 Å². The molecule has 2 atom stereocenters. The fourth-order valence-electron chi connectivity index (χ4n) is 4.84. The Morgan fingerprint density at radius 2 is 1.38 bits per heavy atom. The van der Waals surface area contributed by atoms with Crippen LogP contribution in [0.5, 0.6) is 0 Å². The molecule has 0 aliphatic carbocycles. The van der Waals surface area contributed by atoms with Gasteiger partial charge in [-0.2, -0.15) is 0 Å². The van der Waals surface area contributed by atoms with E-state index in [0.717, 1.165) is 25.0 Å². The second kappa shape index (κ2) is 18.8. The van der Waals surface area contributed by atoms with Crippen LogP contribution in [0.15, 0.2) is 0 Å². The van der Waals surface area contributed by atoms with E-state index >= 15 is 0 Å². The molecule has 4 amide bonds. The number of Topliss-reactive ketones (excluding diaryl/α,β-unsaturated/α-hetero) is 2. The van der Waals surface area contributed by atoms with E-state index in [0.29, 0.717) is 51.7 Å². The number of likely N-dealkylation sites (N-methyl/N-ethyl adjacent to an activating group) is 3. The Bertz CT molecular complexity index is 1030. The molecule has 1 fully saturated rings. The third-order valence-electron chi connectivity index (χ3n) is 8.30. The maximum atomic E-state index is 13.3. The molecule has 10 nitrogen and oxygen atoms in total. The molecule has 1 saturated heterocycles. The molecular formula is C34H60N4O6S. The minimum absolute atomic E-state index is 0.00913. The Kier molecular flexibility index (Phi) is 17.0. The quantitative estimate of drug-likeness (QED) is 0.140. The maximum Gasteiger partial charge on any atom is 0.245 e. The Morgan fingerprint density at radius 3 is 1.96 bits per heavy atom. The first-order chi connectivity index (χ1) is 20.8. The van der Waals surface area contributed by atoms with Crippen LogP contribution in [-0.2, 0) is 28.8 Å². The lowest BCUT2D eigenvalue weighted by Gasteiger charge is -2.32. The van der Waals surface area contributed by atoms with Gasteiger partial charge in [0, 0.05) is 70.2 Å². The normalized spacial score (nSPS) is 16.3. The Balaban J connectivity index is 2.46. The van der Waals surface area contributed by atoms with Gasteiger partial charge in [-0.25, -0.2) is 0 Å². The topological polar surface area (TPSA) is 115 Å². The number of imide groups is 1. The summed E-state index contributed by atoms with van der Waals surface area (Å²) in [5.74, 6) is 0.264. The van der Waals surface area contributed by atoms with Crippen molar-refractivity contribution in [3.8, 4) is 0 Å². The molecule has 11 heteroatoms. The highest BCUT2D eigenvalue weighted by atomic mass is 32.2. The molecule has 0 spiro atoms. The second-order valence-corrected chi connectivity index (χ2v) is 16.0. The molecule has 1 aliphatic rings. The van der Waals surface area contributed by atoms with Gasteiger partial charge in [-0.05, 0) is 45.5 Å². The highest BCUT2D eigenvalue weighted by Crippen LogP contribution is 2.27. The number of rotatable bonds is 20. The van der Waals surface area contributed by atoms with E-state index in [1.807, 2.05) is 60.5 Å². The van der Waals surface area contributed by atoms with Crippen molar-refractivity contribution in [3.05, 3.63) is 0 Å². The van der Waals surface area contributed by atoms with E-state index in [2.05, 4.69) is 0 Å². The molecule has 1 heterocycles. The number of nitrogens with zero attached hydrogens (tertiary/aromatic N) is 4. The predicted octanol–water partition coefficient (Wildman–Crippen LogP) is 4.44. The number of unbranched alkanes of at least 4 members (excludes halogenated alkanes) is 4. The molecular weight excluding hydrogens is 592 g/mol. The first-order valence-electron chi connectivity index (χ1n) is 16.4. The molecule has 0 saturated carbocycles. The number of thioether (sulfide) groups is 1. The van der Waals surface area contributed by atoms with Gasteiger partial charge in [0.15, 0.2) is 0 Å². The van der Waals surface area contributed by atoms with Crippen LogP contribution in [0.25, 0.3) is 0 Å². The number of ketones is 2. The zero-order chi connectivity index (χ0) is 34.5. The largest absolute Gasteiger partial charge is 0.343 e. The molecule has 0 aromatic heterocycles. The Hall–Kier alpha value is -2.27. The van der Waals surface area contributed by atoms with E-state index in [1.54, 1.807) is 19.0 Å². The maximum absolute atomic E-state index is 13.3. The van der Waals surface area contributed by atoms with Crippen molar-refractivity contribution in [1.82, 2.24) is 19.6 Å². The van der Waals surface area contributed by atoms with Crippen molar-refractivity contribution < 1.29 is 28.8 Å². The molecule has 2 unspecified atom stereocenters. The molecule has 0 N–H and O–H groups in total. The van der Waals surface area contributed by atoms with E-state index in [-0.39, 0.29) is 58.7 Å². The van der Waals surface area contributed by atoms with Gasteiger partial charge >= 0.3 is 0 Å². The van der Waals surface area contributed by atoms with Gasteiger partial charge in [-0.15, -0.1) is 11.8 Å². The van der Waals surface area contributed by atoms with Gasteiger partial charge in [-0.1, -0.05) is 54.4 Å². The zero-order valence-electron chi connectivity index (χ0n) is 29.7. The highest BCUT2D eigenvalue weighted by molar-refractivity contribution is 8.00. The molecule has 1 aliphatic heterocycles. The van der Waals surface area contributed by atoms with Gasteiger partial charge in [0.1, 0.15) is 17.6 Å². The molecule has 0 bridgehead atoms. The van der Waals surface area contributed by atoms with Crippen LogP contribution in [0.3, 0.4) is 0 Å². The molecule has 1 rings (SSSR count). The summed E-state index contributed by atoms with van der Waals surface area (Å²) in [6.45, 7) is 12.7. The number of hydrogen-bond acceptors (Lipinski definition) is 8. The van der Waals surface area contributed by atoms with Crippen LogP contribution in [0, 0.1) is 10.8 Å². The van der Waals surface area contributed by atoms with Crippen molar-refractivity contribution in [2.75, 3.05) is 53.6 Å². The van der Waals surface area contributed by atoms with E-state index in [9.17, 15) is 28.8 Å². The van der Waals surface area contributed by atoms with Gasteiger partial charge in [0.2, 0.25) is 23.6 Å². The minimum atomic E-state index is -0.829. The fourth-order valence-corrected chi connectivity index (χ4v) is 6.03. The number of likely N-dealkylation sites (tertiary alicyclic amines) is 1. The minimum Gasteiger partial charge on any atom is -0.343 e. The van der Waals surface area contributed by atoms with E-state index in [4.69, 9.17) is 0 Å². The summed E-state index contributed by atoms with van der Waals surface area (Å²) >= 11 is 1.52. The van der Waals surface area contributed by atoms with Crippen LogP contribution in [-0.4, -0.2) is 120 Å². The summed E-state index contributed by atoms with van der Waals surface area (Å²) in [7, 11) is 7.19. The van der Waals surface area contributed by atoms with E-state index < -0.39 is 11.5 Å². The summed E-state index contributed by atoms with van der Waals surface area (Å²) in [6.07, 6.45) is 5.56. The first-order valence-corrected chi connectivity index (χ1v) is 17.5. The standard InChI is InChI=1S/C34H60N4O6S/c1-33(2,3)27(39)17-14-15-19-38-30(42)24-26(32(38)44)45-22-16-12-11-13-18-29(41)37(10)25(23-28(40)34(4,5)6)31(43)36(9)21-20-35(7)8/h25-26H,11-24H2,1-10H3. The van der Waals surface area contributed by atoms with Crippen molar-refractivity contribution in [1.29, 1.82) is 0 Å². The smallest absolute Gasteiger partial charge is 0.245 e. The summed E-state index contributed by atoms with van der Waals surface area (Å²) in [4.78, 5) is 82.9. The predicted molar refractivity (Wildman–Crippen MR) is 181 cm³/mol. The monoisotopic (exact) mass is 652 g/mol. The van der Waals surface area contributed by atoms with Gasteiger partial charge in [0.05, 0.1) is 5.25 Å². The van der Waals surface area contributed by atoms with Crippen LogP contribution in [0.1, 0.15) is 106 Å². The van der Waals surface area contributed by atoms with Crippen molar-refractivity contribution in [3.63, 3.8) is 0 Å². The third kappa shape index (κ3) is 14.4. The average molecular weight is 653 g/mol. The lowest BCUT2D eigenvalue weighted by atomic mass is 9.86. The van der Waals surface area contributed by atoms with Gasteiger partial charge < -0.3 is 14.7 Å². The average Bonchev–Trinajstić information content (AvgIpc) is 3.21. The summed E-state index contributed by atoms with van der Waals surface area (Å²) in [5, 5.41) is -0.343. The highest BCUT2D eigenvalue weighted by Gasteiger charge is 2.38. The lowest BCUT2D eigenvalue weighted by Crippen LogP contribution is -2.51. The van der Waals surface area contributed by atoms with Crippen molar-refractivity contribution in [2.24, 2.45) is 10.8 Å². The SMILES string of the molecule is CN(C)CCN(C)C(=O)C(CC(=O)C(C)(C)C)N(C)C(=O)CCCCCCSC1CC(=O)N(CCCCC(=O)C(C)(C)C)C1=O. The zero-order valence-corrected chi connectivity index (χ0v) is 30.5. The van der Waals surface area contributed by atoms with Crippen LogP contribution in [0.4, 0.5) is 0 Å². The molecule has 258 valence electrons. The van der Waals surface area contributed by atoms with Crippen LogP contribution < -0.4 is 0 Å². The number of carbonyl (C=O) groups is 6. The Morgan fingerprint density at radius 1 is 0.800 bits per heavy atom. The molecule has 0 aromatic carbocycles. The van der Waals surface area contributed by atoms with Gasteiger partial charge in [0.25, 0.3) is 0 Å². The number of hydrogen-bond donors (Lipinski definition) is 0. The van der Waals surface area contributed by atoms with Crippen LogP contribution in [0.2, 0.25) is 0 Å². The molecule has 45 heavy (non-hydrogen) atoms. The molecule has 0 aromatic rings. The fraction of sp³-hybridized carbons (Fsp3) is 0.824.